The highest BCUT2D eigenvalue weighted by atomic mass is 16.7. The normalized spacial score (nSPS) is 12.3. The van der Waals surface area contributed by atoms with Gasteiger partial charge in [-0.2, -0.15) is 0 Å². The lowest BCUT2D eigenvalue weighted by Gasteiger charge is -2.27. The van der Waals surface area contributed by atoms with E-state index in [1.807, 2.05) is 40.7 Å². The first-order valence-corrected chi connectivity index (χ1v) is 8.57. The average molecular weight is 330 g/mol. The van der Waals surface area contributed by atoms with Crippen LogP contribution in [0.2, 0.25) is 0 Å². The van der Waals surface area contributed by atoms with E-state index in [1.165, 1.54) is 0 Å². The van der Waals surface area contributed by atoms with Gasteiger partial charge in [0.05, 0.1) is 6.61 Å². The zero-order chi connectivity index (χ0) is 17.5. The highest BCUT2D eigenvalue weighted by Gasteiger charge is 2.24. The highest BCUT2D eigenvalue weighted by Crippen LogP contribution is 2.20. The second kappa shape index (κ2) is 14.8. The second-order valence-electron chi connectivity index (χ2n) is 4.96. The Hall–Kier alpha value is -0.720. The Kier molecular flexibility index (Phi) is 14.4. The molecule has 5 nitrogen and oxygen atoms in total. The van der Waals surface area contributed by atoms with Crippen LogP contribution in [0, 0.1) is 0 Å². The standard InChI is InChI=1S/C18H34O5/c1-6-20-17(21-7-2)16(18(22-8-3)23-9-4)12-10-11-15(5)13-14-19/h12-13,17-19H,6-11,14H2,1-5H3/b15-13+. The Bertz CT molecular complexity index is 308. The third kappa shape index (κ3) is 9.89. The zero-order valence-corrected chi connectivity index (χ0v) is 15.3. The van der Waals surface area contributed by atoms with Crippen molar-refractivity contribution < 1.29 is 24.1 Å². The van der Waals surface area contributed by atoms with Crippen LogP contribution in [0.3, 0.4) is 0 Å². The van der Waals surface area contributed by atoms with Crippen molar-refractivity contribution in [3.05, 3.63) is 23.3 Å². The van der Waals surface area contributed by atoms with Gasteiger partial charge < -0.3 is 24.1 Å². The van der Waals surface area contributed by atoms with E-state index in [2.05, 4.69) is 6.08 Å². The molecule has 0 bridgehead atoms. The molecular weight excluding hydrogens is 296 g/mol. The van der Waals surface area contributed by atoms with E-state index in [0.29, 0.717) is 26.4 Å². The molecule has 0 unspecified atom stereocenters. The SMILES string of the molecule is CCOC(OCC)C(=CCC/C(C)=C/CO)C(OCC)OCC. The zero-order valence-electron chi connectivity index (χ0n) is 15.3. The first kappa shape index (κ1) is 22.3. The Morgan fingerprint density at radius 3 is 1.61 bits per heavy atom. The van der Waals surface area contributed by atoms with Crippen molar-refractivity contribution in [3.63, 3.8) is 0 Å². The fraction of sp³-hybridized carbons (Fsp3) is 0.778. The van der Waals surface area contributed by atoms with E-state index in [-0.39, 0.29) is 6.61 Å². The number of hydrogen-bond donors (Lipinski definition) is 1. The van der Waals surface area contributed by atoms with Crippen molar-refractivity contribution in [2.45, 2.75) is 60.0 Å². The molecule has 0 spiro atoms. The molecule has 23 heavy (non-hydrogen) atoms. The van der Waals surface area contributed by atoms with Gasteiger partial charge in [-0.05, 0) is 47.5 Å². The fourth-order valence-electron chi connectivity index (χ4n) is 2.11. The number of rotatable bonds is 14. The highest BCUT2D eigenvalue weighted by molar-refractivity contribution is 5.11. The Balaban J connectivity index is 5.17. The minimum Gasteiger partial charge on any atom is -0.392 e. The molecule has 0 atom stereocenters. The summed E-state index contributed by atoms with van der Waals surface area (Å²) in [4.78, 5) is 0. The van der Waals surface area contributed by atoms with Crippen molar-refractivity contribution in [3.8, 4) is 0 Å². The van der Waals surface area contributed by atoms with Crippen LogP contribution in [-0.4, -0.2) is 50.7 Å². The Morgan fingerprint density at radius 2 is 1.26 bits per heavy atom. The quantitative estimate of drug-likeness (QED) is 0.391. The van der Waals surface area contributed by atoms with Gasteiger partial charge in [-0.1, -0.05) is 17.7 Å². The van der Waals surface area contributed by atoms with Crippen LogP contribution in [0.25, 0.3) is 0 Å². The lowest BCUT2D eigenvalue weighted by Crippen LogP contribution is -2.31. The molecule has 136 valence electrons. The topological polar surface area (TPSA) is 57.2 Å². The van der Waals surface area contributed by atoms with E-state index < -0.39 is 12.6 Å². The first-order valence-electron chi connectivity index (χ1n) is 8.57. The Labute approximate surface area is 141 Å². The third-order valence-electron chi connectivity index (χ3n) is 3.17. The molecule has 5 heteroatoms. The van der Waals surface area contributed by atoms with Crippen molar-refractivity contribution in [1.29, 1.82) is 0 Å². The lowest BCUT2D eigenvalue weighted by molar-refractivity contribution is -0.165. The first-order chi connectivity index (χ1) is 11.1. The predicted octanol–water partition coefficient (Wildman–Crippen LogP) is 3.43. The van der Waals surface area contributed by atoms with Gasteiger partial charge in [-0.3, -0.25) is 0 Å². The smallest absolute Gasteiger partial charge is 0.184 e. The van der Waals surface area contributed by atoms with Crippen LogP contribution in [0.1, 0.15) is 47.5 Å². The number of aliphatic hydroxyl groups is 1. The summed E-state index contributed by atoms with van der Waals surface area (Å²) >= 11 is 0. The lowest BCUT2D eigenvalue weighted by atomic mass is 10.1. The molecule has 0 saturated carbocycles. The molecule has 1 N–H and O–H groups in total. The summed E-state index contributed by atoms with van der Waals surface area (Å²) in [6.45, 7) is 12.0. The third-order valence-corrected chi connectivity index (χ3v) is 3.17. The fourth-order valence-corrected chi connectivity index (χ4v) is 2.11. The van der Waals surface area contributed by atoms with Gasteiger partial charge in [-0.25, -0.2) is 0 Å². The average Bonchev–Trinajstić information content (AvgIpc) is 2.52. The van der Waals surface area contributed by atoms with Crippen molar-refractivity contribution in [2.24, 2.45) is 0 Å². The molecule has 0 fully saturated rings. The predicted molar refractivity (Wildman–Crippen MR) is 92.2 cm³/mol. The van der Waals surface area contributed by atoms with Crippen molar-refractivity contribution >= 4 is 0 Å². The van der Waals surface area contributed by atoms with E-state index in [9.17, 15) is 0 Å². The van der Waals surface area contributed by atoms with Gasteiger partial charge >= 0.3 is 0 Å². The largest absolute Gasteiger partial charge is 0.392 e. The number of allylic oxidation sites excluding steroid dienone is 2. The maximum atomic E-state index is 8.93. The number of aliphatic hydroxyl groups excluding tert-OH is 1. The number of hydrogen-bond acceptors (Lipinski definition) is 5. The van der Waals surface area contributed by atoms with Crippen molar-refractivity contribution in [2.75, 3.05) is 33.0 Å². The molecule has 0 amide bonds. The maximum Gasteiger partial charge on any atom is 0.184 e. The summed E-state index contributed by atoms with van der Waals surface area (Å²) in [6.07, 6.45) is 4.63. The maximum absolute atomic E-state index is 8.93. The van der Waals surface area contributed by atoms with E-state index in [4.69, 9.17) is 24.1 Å². The van der Waals surface area contributed by atoms with Crippen LogP contribution in [0.5, 0.6) is 0 Å². The van der Waals surface area contributed by atoms with Gasteiger partial charge in [0.25, 0.3) is 0 Å². The summed E-state index contributed by atoms with van der Waals surface area (Å²) in [6, 6.07) is 0. The summed E-state index contributed by atoms with van der Waals surface area (Å²) in [5.74, 6) is 0. The van der Waals surface area contributed by atoms with Crippen LogP contribution < -0.4 is 0 Å². The van der Waals surface area contributed by atoms with Gasteiger partial charge in [0, 0.05) is 32.0 Å². The molecule has 0 aliphatic carbocycles. The minimum absolute atomic E-state index is 0.0729. The summed E-state index contributed by atoms with van der Waals surface area (Å²) < 4.78 is 22.9. The van der Waals surface area contributed by atoms with Gasteiger partial charge in [-0.15, -0.1) is 0 Å². The van der Waals surface area contributed by atoms with E-state index >= 15 is 0 Å². The second-order valence-corrected chi connectivity index (χ2v) is 4.96. The van der Waals surface area contributed by atoms with Crippen LogP contribution in [0.4, 0.5) is 0 Å². The van der Waals surface area contributed by atoms with E-state index in [0.717, 1.165) is 24.0 Å². The minimum atomic E-state index is -0.463. The summed E-state index contributed by atoms with van der Waals surface area (Å²) in [5.41, 5.74) is 2.02. The molecule has 0 aliphatic heterocycles. The Morgan fingerprint density at radius 1 is 0.826 bits per heavy atom. The van der Waals surface area contributed by atoms with Gasteiger partial charge in [0.15, 0.2) is 12.6 Å². The molecular formula is C18H34O5. The molecule has 0 aromatic rings. The molecule has 0 heterocycles. The number of ether oxygens (including phenoxy) is 4. The summed E-state index contributed by atoms with van der Waals surface area (Å²) in [5, 5.41) is 8.93. The van der Waals surface area contributed by atoms with E-state index in [1.54, 1.807) is 0 Å². The van der Waals surface area contributed by atoms with Crippen LogP contribution in [-0.2, 0) is 18.9 Å². The molecule has 0 aliphatic rings. The summed E-state index contributed by atoms with van der Waals surface area (Å²) in [7, 11) is 0. The van der Waals surface area contributed by atoms with Gasteiger partial charge in [0.1, 0.15) is 0 Å². The van der Waals surface area contributed by atoms with Gasteiger partial charge in [0.2, 0.25) is 0 Å². The molecule has 0 aromatic heterocycles. The molecule has 0 rings (SSSR count). The van der Waals surface area contributed by atoms with Crippen LogP contribution >= 0.6 is 0 Å². The monoisotopic (exact) mass is 330 g/mol. The molecule has 0 aromatic carbocycles. The molecule has 0 radical (unpaired) electrons. The van der Waals surface area contributed by atoms with Crippen molar-refractivity contribution in [1.82, 2.24) is 0 Å². The molecule has 0 saturated heterocycles. The van der Waals surface area contributed by atoms with Crippen LogP contribution in [0.15, 0.2) is 23.3 Å².